The van der Waals surface area contributed by atoms with Gasteiger partial charge in [-0.2, -0.15) is 0 Å². The molecule has 214 valence electrons. The summed E-state index contributed by atoms with van der Waals surface area (Å²) in [5.41, 5.74) is 5.74. The maximum absolute atomic E-state index is 13.1. The Kier molecular flexibility index (Phi) is 9.34. The third kappa shape index (κ3) is 7.97. The highest BCUT2D eigenvalue weighted by Gasteiger charge is 2.33. The molecule has 0 radical (unpaired) electrons. The molecule has 41 heavy (non-hydrogen) atoms. The molecule has 0 bridgehead atoms. The Morgan fingerprint density at radius 3 is 2.24 bits per heavy atom. The second kappa shape index (κ2) is 13.5. The summed E-state index contributed by atoms with van der Waals surface area (Å²) in [6.45, 7) is 2.52. The van der Waals surface area contributed by atoms with Crippen LogP contribution in [0.1, 0.15) is 56.1 Å². The smallest absolute Gasteiger partial charge is 0.305 e. The average molecular weight is 554 g/mol. The SMILES string of the molecule is O=C(O)CCN(Cc1cccc(-c2ccc(N3CCCCCC3)c(NC(=O)Cc3ccccc3)c2)c1)C(=O)C1CC1. The van der Waals surface area contributed by atoms with Gasteiger partial charge in [-0.15, -0.1) is 0 Å². The van der Waals surface area contributed by atoms with E-state index in [1.54, 1.807) is 4.90 Å². The molecule has 0 atom stereocenters. The van der Waals surface area contributed by atoms with Crippen LogP contribution in [-0.2, 0) is 27.3 Å². The molecule has 2 N–H and O–H groups in total. The first kappa shape index (κ1) is 28.4. The van der Waals surface area contributed by atoms with Crippen LogP contribution < -0.4 is 10.2 Å². The van der Waals surface area contributed by atoms with Gasteiger partial charge in [-0.3, -0.25) is 14.4 Å². The van der Waals surface area contributed by atoms with Crippen molar-refractivity contribution < 1.29 is 19.5 Å². The predicted molar refractivity (Wildman–Crippen MR) is 162 cm³/mol. The number of anilines is 2. The monoisotopic (exact) mass is 553 g/mol. The van der Waals surface area contributed by atoms with Crippen molar-refractivity contribution in [1.29, 1.82) is 0 Å². The van der Waals surface area contributed by atoms with Gasteiger partial charge in [0.15, 0.2) is 0 Å². The van der Waals surface area contributed by atoms with Crippen LogP contribution in [-0.4, -0.2) is 47.4 Å². The number of amides is 2. The number of aliphatic carboxylic acids is 1. The topological polar surface area (TPSA) is 89.9 Å². The number of hydrogen-bond acceptors (Lipinski definition) is 4. The fourth-order valence-corrected chi connectivity index (χ4v) is 5.53. The number of carboxylic acids is 1. The van der Waals surface area contributed by atoms with Crippen LogP contribution in [0.4, 0.5) is 11.4 Å². The summed E-state index contributed by atoms with van der Waals surface area (Å²) < 4.78 is 0. The lowest BCUT2D eigenvalue weighted by Crippen LogP contribution is -2.33. The van der Waals surface area contributed by atoms with Gasteiger partial charge in [0.2, 0.25) is 11.8 Å². The van der Waals surface area contributed by atoms with E-state index in [9.17, 15) is 19.5 Å². The quantitative estimate of drug-likeness (QED) is 0.298. The summed E-state index contributed by atoms with van der Waals surface area (Å²) in [7, 11) is 0. The van der Waals surface area contributed by atoms with Gasteiger partial charge in [0.1, 0.15) is 0 Å². The van der Waals surface area contributed by atoms with Crippen molar-refractivity contribution in [3.63, 3.8) is 0 Å². The Bertz CT molecular complexity index is 1360. The van der Waals surface area contributed by atoms with Gasteiger partial charge < -0.3 is 20.2 Å². The van der Waals surface area contributed by atoms with Crippen molar-refractivity contribution in [2.75, 3.05) is 29.9 Å². The minimum absolute atomic E-state index is 0.0283. The molecule has 1 saturated carbocycles. The van der Waals surface area contributed by atoms with Crippen LogP contribution in [0.15, 0.2) is 72.8 Å². The molecule has 3 aromatic carbocycles. The molecule has 7 nitrogen and oxygen atoms in total. The van der Waals surface area contributed by atoms with Crippen LogP contribution in [0.5, 0.6) is 0 Å². The van der Waals surface area contributed by atoms with Crippen LogP contribution in [0.2, 0.25) is 0 Å². The third-order valence-electron chi connectivity index (χ3n) is 7.89. The maximum Gasteiger partial charge on any atom is 0.305 e. The predicted octanol–water partition coefficient (Wildman–Crippen LogP) is 6.13. The normalized spacial score (nSPS) is 15.2. The molecular weight excluding hydrogens is 514 g/mol. The number of rotatable bonds is 11. The lowest BCUT2D eigenvalue weighted by Gasteiger charge is -2.26. The summed E-state index contributed by atoms with van der Waals surface area (Å²) in [4.78, 5) is 41.3. The van der Waals surface area contributed by atoms with E-state index in [0.29, 0.717) is 13.0 Å². The number of nitrogens with zero attached hydrogens (tertiary/aromatic N) is 2. The fourth-order valence-electron chi connectivity index (χ4n) is 5.53. The molecule has 2 amide bonds. The summed E-state index contributed by atoms with van der Waals surface area (Å²) in [5, 5.41) is 12.4. The zero-order valence-electron chi connectivity index (χ0n) is 23.6. The lowest BCUT2D eigenvalue weighted by atomic mass is 10.0. The van der Waals surface area contributed by atoms with Gasteiger partial charge in [-0.25, -0.2) is 0 Å². The highest BCUT2D eigenvalue weighted by atomic mass is 16.4. The Balaban J connectivity index is 1.39. The van der Waals surface area contributed by atoms with Crippen molar-refractivity contribution in [3.8, 4) is 11.1 Å². The van der Waals surface area contributed by atoms with E-state index in [4.69, 9.17) is 0 Å². The van der Waals surface area contributed by atoms with Crippen molar-refractivity contribution in [1.82, 2.24) is 4.90 Å². The van der Waals surface area contributed by atoms with Gasteiger partial charge in [-0.05, 0) is 66.1 Å². The first-order chi connectivity index (χ1) is 20.0. The minimum atomic E-state index is -0.904. The molecule has 7 heteroatoms. The number of benzene rings is 3. The molecule has 2 fully saturated rings. The number of nitrogens with one attached hydrogen (secondary N) is 1. The number of carbonyl (C=O) groups is 3. The zero-order valence-corrected chi connectivity index (χ0v) is 23.6. The van der Waals surface area contributed by atoms with E-state index in [2.05, 4.69) is 34.5 Å². The van der Waals surface area contributed by atoms with Crippen molar-refractivity contribution in [3.05, 3.63) is 83.9 Å². The van der Waals surface area contributed by atoms with Gasteiger partial charge in [0, 0.05) is 32.1 Å². The van der Waals surface area contributed by atoms with Gasteiger partial charge in [-0.1, -0.05) is 67.4 Å². The maximum atomic E-state index is 13.1. The average Bonchev–Trinajstić information content (AvgIpc) is 3.84. The molecule has 2 aliphatic rings. The second-order valence-electron chi connectivity index (χ2n) is 11.2. The highest BCUT2D eigenvalue weighted by molar-refractivity contribution is 5.96. The second-order valence-corrected chi connectivity index (χ2v) is 11.2. The lowest BCUT2D eigenvalue weighted by molar-refractivity contribution is -0.139. The Morgan fingerprint density at radius 1 is 0.829 bits per heavy atom. The van der Waals surface area contributed by atoms with Crippen molar-refractivity contribution in [2.45, 2.75) is 57.9 Å². The Hall–Kier alpha value is -4.13. The highest BCUT2D eigenvalue weighted by Crippen LogP contribution is 2.34. The number of carboxylic acid groups (broad SMARTS) is 1. The van der Waals surface area contributed by atoms with E-state index in [1.165, 1.54) is 12.8 Å². The van der Waals surface area contributed by atoms with E-state index in [1.807, 2.05) is 48.5 Å². The largest absolute Gasteiger partial charge is 0.481 e. The first-order valence-electron chi connectivity index (χ1n) is 14.8. The molecule has 1 saturated heterocycles. The summed E-state index contributed by atoms with van der Waals surface area (Å²) in [6.07, 6.45) is 6.73. The first-order valence-corrected chi connectivity index (χ1v) is 14.8. The number of hydrogen-bond donors (Lipinski definition) is 2. The number of carbonyl (C=O) groups excluding carboxylic acids is 2. The van der Waals surface area contributed by atoms with Gasteiger partial charge in [0.25, 0.3) is 0 Å². The molecule has 1 heterocycles. The van der Waals surface area contributed by atoms with Crippen LogP contribution >= 0.6 is 0 Å². The molecular formula is C34H39N3O4. The van der Waals surface area contributed by atoms with Crippen LogP contribution in [0.25, 0.3) is 11.1 Å². The Labute approximate surface area is 242 Å². The van der Waals surface area contributed by atoms with Crippen LogP contribution in [0.3, 0.4) is 0 Å². The molecule has 0 aromatic heterocycles. The van der Waals surface area contributed by atoms with Gasteiger partial charge in [0.05, 0.1) is 24.2 Å². The third-order valence-corrected chi connectivity index (χ3v) is 7.89. The Morgan fingerprint density at radius 2 is 1.54 bits per heavy atom. The van der Waals surface area contributed by atoms with Gasteiger partial charge >= 0.3 is 5.97 Å². The van der Waals surface area contributed by atoms with Crippen molar-refractivity contribution >= 4 is 29.2 Å². The molecule has 1 aliphatic heterocycles. The molecule has 0 spiro atoms. The molecule has 3 aromatic rings. The van der Waals surface area contributed by atoms with Crippen molar-refractivity contribution in [2.24, 2.45) is 5.92 Å². The van der Waals surface area contributed by atoms with E-state index in [0.717, 1.165) is 72.4 Å². The van der Waals surface area contributed by atoms with E-state index < -0.39 is 5.97 Å². The standard InChI is InChI=1S/C34H39N3O4/c38-32(22-25-9-4-3-5-10-25)35-30-23-29(15-16-31(30)36-18-6-1-2-7-19-36)28-12-8-11-26(21-28)24-37(20-17-33(39)40)34(41)27-13-14-27/h3-5,8-12,15-16,21,23,27H,1-2,6-7,13-14,17-20,22,24H2,(H,35,38)(H,39,40). The molecule has 5 rings (SSSR count). The fraction of sp³-hybridized carbons (Fsp3) is 0.382. The summed E-state index contributed by atoms with van der Waals surface area (Å²) >= 11 is 0. The molecule has 0 unspecified atom stereocenters. The van der Waals surface area contributed by atoms with E-state index in [-0.39, 0.29) is 30.7 Å². The minimum Gasteiger partial charge on any atom is -0.481 e. The van der Waals surface area contributed by atoms with E-state index >= 15 is 0 Å². The van der Waals surface area contributed by atoms with Crippen LogP contribution in [0, 0.1) is 5.92 Å². The summed E-state index contributed by atoms with van der Waals surface area (Å²) in [5.74, 6) is -0.882. The summed E-state index contributed by atoms with van der Waals surface area (Å²) in [6, 6.07) is 24.1. The zero-order chi connectivity index (χ0) is 28.6. The molecule has 1 aliphatic carbocycles.